The van der Waals surface area contributed by atoms with E-state index in [9.17, 15) is 5.11 Å². The Labute approximate surface area is 102 Å². The predicted molar refractivity (Wildman–Crippen MR) is 67.3 cm³/mol. The second kappa shape index (κ2) is 4.41. The normalized spacial score (nSPS) is 23.4. The Kier molecular flexibility index (Phi) is 2.90. The molecule has 2 atom stereocenters. The van der Waals surface area contributed by atoms with E-state index in [2.05, 4.69) is 29.2 Å². The molecule has 0 radical (unpaired) electrons. The zero-order valence-corrected chi connectivity index (χ0v) is 10.0. The lowest BCUT2D eigenvalue weighted by atomic mass is 10.0. The lowest BCUT2D eigenvalue weighted by Crippen LogP contribution is -2.49. The topological polar surface area (TPSA) is 49.5 Å². The number of fused-ring (bicyclic) bond motifs is 1. The van der Waals surface area contributed by atoms with Crippen molar-refractivity contribution in [2.45, 2.75) is 38.0 Å². The first-order chi connectivity index (χ1) is 8.29. The third kappa shape index (κ3) is 2.10. The molecule has 1 saturated carbocycles. The van der Waals surface area contributed by atoms with Crippen LogP contribution in [0.1, 0.15) is 24.0 Å². The maximum atomic E-state index is 9.59. The van der Waals surface area contributed by atoms with Crippen LogP contribution in [0.25, 0.3) is 0 Å². The Morgan fingerprint density at radius 3 is 2.29 bits per heavy atom. The van der Waals surface area contributed by atoms with E-state index in [0.29, 0.717) is 5.92 Å². The quantitative estimate of drug-likeness (QED) is 0.817. The molecule has 1 aliphatic heterocycles. The highest BCUT2D eigenvalue weighted by atomic mass is 16.3. The molecule has 17 heavy (non-hydrogen) atoms. The van der Waals surface area contributed by atoms with Gasteiger partial charge in [0.25, 0.3) is 0 Å². The number of aliphatic hydroxyl groups is 1. The van der Waals surface area contributed by atoms with Crippen molar-refractivity contribution in [1.82, 2.24) is 4.90 Å². The number of nitrogens with zero attached hydrogens (tertiary/aromatic N) is 1. The van der Waals surface area contributed by atoms with Gasteiger partial charge < -0.3 is 10.8 Å². The summed E-state index contributed by atoms with van der Waals surface area (Å²) >= 11 is 0. The molecule has 0 aromatic heterocycles. The van der Waals surface area contributed by atoms with E-state index in [-0.39, 0.29) is 18.7 Å². The monoisotopic (exact) mass is 232 g/mol. The Balaban J connectivity index is 1.73. The average Bonchev–Trinajstić information content (AvgIpc) is 3.10. The minimum absolute atomic E-state index is 0.120. The Morgan fingerprint density at radius 1 is 1.24 bits per heavy atom. The molecule has 1 aromatic rings. The fourth-order valence-corrected chi connectivity index (χ4v) is 2.87. The second-order valence-corrected chi connectivity index (χ2v) is 5.34. The van der Waals surface area contributed by atoms with E-state index in [1.807, 2.05) is 0 Å². The van der Waals surface area contributed by atoms with Crippen molar-refractivity contribution in [2.75, 3.05) is 6.61 Å². The summed E-state index contributed by atoms with van der Waals surface area (Å²) in [6.45, 7) is 2.04. The lowest BCUT2D eigenvalue weighted by molar-refractivity contribution is 0.0964. The number of nitrogens with two attached hydrogens (primary N) is 1. The maximum absolute atomic E-state index is 9.59. The van der Waals surface area contributed by atoms with Gasteiger partial charge in [0, 0.05) is 25.2 Å². The highest BCUT2D eigenvalue weighted by Gasteiger charge is 2.37. The van der Waals surface area contributed by atoms with Gasteiger partial charge in [-0.3, -0.25) is 4.90 Å². The molecule has 92 valence electrons. The minimum atomic E-state index is 0.120. The van der Waals surface area contributed by atoms with Gasteiger partial charge in [0.15, 0.2) is 0 Å². The van der Waals surface area contributed by atoms with Gasteiger partial charge in [0.2, 0.25) is 0 Å². The molecular formula is C14H20N2O. The van der Waals surface area contributed by atoms with Crippen molar-refractivity contribution in [1.29, 1.82) is 0 Å². The SMILES string of the molecule is NC(C1CC1)C(CO)N1Cc2ccccc2C1. The molecule has 0 amide bonds. The Hall–Kier alpha value is -0.900. The van der Waals surface area contributed by atoms with Crippen LogP contribution in [0.5, 0.6) is 0 Å². The van der Waals surface area contributed by atoms with Crippen LogP contribution in [0, 0.1) is 5.92 Å². The molecule has 0 spiro atoms. The van der Waals surface area contributed by atoms with Crippen molar-refractivity contribution in [2.24, 2.45) is 11.7 Å². The molecule has 3 heteroatoms. The second-order valence-electron chi connectivity index (χ2n) is 5.34. The molecule has 1 aliphatic carbocycles. The van der Waals surface area contributed by atoms with Crippen molar-refractivity contribution in [3.8, 4) is 0 Å². The lowest BCUT2D eigenvalue weighted by Gasteiger charge is -2.31. The Morgan fingerprint density at radius 2 is 1.82 bits per heavy atom. The van der Waals surface area contributed by atoms with Crippen LogP contribution < -0.4 is 5.73 Å². The summed E-state index contributed by atoms with van der Waals surface area (Å²) in [5.74, 6) is 0.635. The van der Waals surface area contributed by atoms with E-state index in [1.54, 1.807) is 0 Å². The summed E-state index contributed by atoms with van der Waals surface area (Å²) in [6.07, 6.45) is 2.47. The highest BCUT2D eigenvalue weighted by molar-refractivity contribution is 5.30. The van der Waals surface area contributed by atoms with Gasteiger partial charge in [-0.2, -0.15) is 0 Å². The third-order valence-electron chi connectivity index (χ3n) is 4.13. The molecule has 2 unspecified atom stereocenters. The summed E-state index contributed by atoms with van der Waals surface area (Å²) in [5.41, 5.74) is 9.01. The van der Waals surface area contributed by atoms with Crippen LogP contribution in [0.3, 0.4) is 0 Å². The third-order valence-corrected chi connectivity index (χ3v) is 4.13. The average molecular weight is 232 g/mol. The van der Waals surface area contributed by atoms with E-state index < -0.39 is 0 Å². The van der Waals surface area contributed by atoms with Gasteiger partial charge in [0.05, 0.1) is 6.61 Å². The first kappa shape index (κ1) is 11.2. The van der Waals surface area contributed by atoms with Crippen LogP contribution in [0.15, 0.2) is 24.3 Å². The number of hydrogen-bond donors (Lipinski definition) is 2. The molecule has 3 nitrogen and oxygen atoms in total. The van der Waals surface area contributed by atoms with Crippen LogP contribution in [-0.2, 0) is 13.1 Å². The first-order valence-electron chi connectivity index (χ1n) is 6.47. The van der Waals surface area contributed by atoms with Gasteiger partial charge in [0.1, 0.15) is 0 Å². The number of aliphatic hydroxyl groups excluding tert-OH is 1. The fraction of sp³-hybridized carbons (Fsp3) is 0.571. The molecule has 1 heterocycles. The van der Waals surface area contributed by atoms with E-state index >= 15 is 0 Å². The van der Waals surface area contributed by atoms with Crippen molar-refractivity contribution in [3.63, 3.8) is 0 Å². The zero-order valence-electron chi connectivity index (χ0n) is 10.0. The predicted octanol–water partition coefficient (Wildman–Crippen LogP) is 1.10. The Bertz CT molecular complexity index is 378. The standard InChI is InChI=1S/C14H20N2O/c15-14(10-5-6-10)13(9-17)16-7-11-3-1-2-4-12(11)8-16/h1-4,10,13-14,17H,5-9,15H2. The van der Waals surface area contributed by atoms with E-state index in [4.69, 9.17) is 5.73 Å². The van der Waals surface area contributed by atoms with Gasteiger partial charge in [-0.15, -0.1) is 0 Å². The number of rotatable bonds is 4. The summed E-state index contributed by atoms with van der Waals surface area (Å²) in [7, 11) is 0. The molecule has 0 bridgehead atoms. The number of hydrogen-bond acceptors (Lipinski definition) is 3. The van der Waals surface area contributed by atoms with Crippen molar-refractivity contribution < 1.29 is 5.11 Å². The first-order valence-corrected chi connectivity index (χ1v) is 6.47. The minimum Gasteiger partial charge on any atom is -0.395 e. The van der Waals surface area contributed by atoms with Crippen molar-refractivity contribution >= 4 is 0 Å². The van der Waals surface area contributed by atoms with Crippen LogP contribution >= 0.6 is 0 Å². The molecule has 3 rings (SSSR count). The molecule has 1 fully saturated rings. The van der Waals surface area contributed by atoms with Gasteiger partial charge in [-0.25, -0.2) is 0 Å². The maximum Gasteiger partial charge on any atom is 0.0602 e. The molecule has 2 aliphatic rings. The number of benzene rings is 1. The largest absolute Gasteiger partial charge is 0.395 e. The molecule has 0 saturated heterocycles. The molecule has 1 aromatic carbocycles. The van der Waals surface area contributed by atoms with E-state index in [1.165, 1.54) is 24.0 Å². The zero-order chi connectivity index (χ0) is 11.8. The van der Waals surface area contributed by atoms with Crippen LogP contribution in [-0.4, -0.2) is 28.7 Å². The smallest absolute Gasteiger partial charge is 0.0602 e. The van der Waals surface area contributed by atoms with Gasteiger partial charge in [-0.1, -0.05) is 24.3 Å². The molecular weight excluding hydrogens is 212 g/mol. The van der Waals surface area contributed by atoms with Gasteiger partial charge >= 0.3 is 0 Å². The molecule has 3 N–H and O–H groups in total. The van der Waals surface area contributed by atoms with Crippen molar-refractivity contribution in [3.05, 3.63) is 35.4 Å². The summed E-state index contributed by atoms with van der Waals surface area (Å²) in [6, 6.07) is 8.76. The summed E-state index contributed by atoms with van der Waals surface area (Å²) < 4.78 is 0. The summed E-state index contributed by atoms with van der Waals surface area (Å²) in [5, 5.41) is 9.59. The van der Waals surface area contributed by atoms with Crippen LogP contribution in [0.2, 0.25) is 0 Å². The van der Waals surface area contributed by atoms with E-state index in [0.717, 1.165) is 13.1 Å². The fourth-order valence-electron chi connectivity index (χ4n) is 2.87. The summed E-state index contributed by atoms with van der Waals surface area (Å²) in [4.78, 5) is 2.33. The highest BCUT2D eigenvalue weighted by Crippen LogP contribution is 2.35. The van der Waals surface area contributed by atoms with Gasteiger partial charge in [-0.05, 0) is 29.9 Å². The van der Waals surface area contributed by atoms with Crippen LogP contribution in [0.4, 0.5) is 0 Å².